The second-order valence-corrected chi connectivity index (χ2v) is 5.31. The number of carboxylic acid groups (broad SMARTS) is 1. The van der Waals surface area contributed by atoms with Gasteiger partial charge in [-0.05, 0) is 69.2 Å². The van der Waals surface area contributed by atoms with E-state index >= 15 is 0 Å². The topological polar surface area (TPSA) is 46.5 Å². The van der Waals surface area contributed by atoms with Crippen LogP contribution in [0.5, 0.6) is 5.75 Å². The van der Waals surface area contributed by atoms with Crippen LogP contribution in [-0.4, -0.2) is 16.7 Å². The molecule has 1 aliphatic carbocycles. The number of carbonyl (C=O) groups is 1. The zero-order valence-electron chi connectivity index (χ0n) is 11.2. The highest BCUT2D eigenvalue weighted by molar-refractivity contribution is 5.78. The Morgan fingerprint density at radius 3 is 2.22 bits per heavy atom. The van der Waals surface area contributed by atoms with E-state index in [4.69, 9.17) is 4.74 Å². The third-order valence-electron chi connectivity index (χ3n) is 3.90. The summed E-state index contributed by atoms with van der Waals surface area (Å²) in [6, 6.07) is 4.00. The molecule has 1 saturated carbocycles. The Hall–Kier alpha value is -1.51. The lowest BCUT2D eigenvalue weighted by atomic mass is 10.0. The smallest absolute Gasteiger partial charge is 0.348 e. The Labute approximate surface area is 108 Å². The van der Waals surface area contributed by atoms with Crippen LogP contribution in [-0.2, 0) is 4.79 Å². The van der Waals surface area contributed by atoms with E-state index in [1.165, 1.54) is 5.56 Å². The molecule has 1 aromatic carbocycles. The number of hydrogen-bond acceptors (Lipinski definition) is 2. The first kappa shape index (κ1) is 12.9. The van der Waals surface area contributed by atoms with E-state index in [0.29, 0.717) is 18.6 Å². The van der Waals surface area contributed by atoms with Crippen molar-refractivity contribution in [1.29, 1.82) is 0 Å². The van der Waals surface area contributed by atoms with Gasteiger partial charge in [0.1, 0.15) is 5.75 Å². The van der Waals surface area contributed by atoms with Crippen LogP contribution >= 0.6 is 0 Å². The van der Waals surface area contributed by atoms with Gasteiger partial charge in [0.2, 0.25) is 5.60 Å². The SMILES string of the molecule is Cc1cc(C)c(OC2(C(=O)O)CCCC2)cc1C. The van der Waals surface area contributed by atoms with E-state index in [2.05, 4.69) is 13.0 Å². The number of aryl methyl sites for hydroxylation is 3. The molecule has 1 N–H and O–H groups in total. The first-order valence-corrected chi connectivity index (χ1v) is 6.45. The number of ether oxygens (including phenoxy) is 1. The van der Waals surface area contributed by atoms with Gasteiger partial charge < -0.3 is 9.84 Å². The molecule has 0 atom stereocenters. The molecular weight excluding hydrogens is 228 g/mol. The van der Waals surface area contributed by atoms with Crippen molar-refractivity contribution in [2.75, 3.05) is 0 Å². The van der Waals surface area contributed by atoms with Crippen molar-refractivity contribution < 1.29 is 14.6 Å². The van der Waals surface area contributed by atoms with Gasteiger partial charge in [-0.15, -0.1) is 0 Å². The van der Waals surface area contributed by atoms with Crippen LogP contribution < -0.4 is 4.74 Å². The van der Waals surface area contributed by atoms with Gasteiger partial charge >= 0.3 is 5.97 Å². The van der Waals surface area contributed by atoms with Crippen molar-refractivity contribution in [3.63, 3.8) is 0 Å². The fourth-order valence-electron chi connectivity index (χ4n) is 2.56. The first-order chi connectivity index (χ1) is 8.44. The third-order valence-corrected chi connectivity index (χ3v) is 3.90. The van der Waals surface area contributed by atoms with Crippen LogP contribution in [0.15, 0.2) is 12.1 Å². The molecule has 0 unspecified atom stereocenters. The Morgan fingerprint density at radius 2 is 1.67 bits per heavy atom. The summed E-state index contributed by atoms with van der Waals surface area (Å²) in [6.45, 7) is 6.03. The maximum atomic E-state index is 11.5. The van der Waals surface area contributed by atoms with E-state index in [9.17, 15) is 9.90 Å². The summed E-state index contributed by atoms with van der Waals surface area (Å²) in [5.74, 6) is -0.125. The standard InChI is InChI=1S/C15H20O3/c1-10-8-12(3)13(9-11(10)2)18-15(14(16)17)6-4-5-7-15/h8-9H,4-7H2,1-3H3,(H,16,17). The van der Waals surface area contributed by atoms with Crippen molar-refractivity contribution in [1.82, 2.24) is 0 Å². The maximum Gasteiger partial charge on any atom is 0.348 e. The lowest BCUT2D eigenvalue weighted by Gasteiger charge is -2.27. The second-order valence-electron chi connectivity index (χ2n) is 5.31. The molecule has 98 valence electrons. The zero-order chi connectivity index (χ0) is 13.3. The van der Waals surface area contributed by atoms with Crippen molar-refractivity contribution in [2.45, 2.75) is 52.1 Å². The van der Waals surface area contributed by atoms with E-state index in [-0.39, 0.29) is 0 Å². The molecule has 3 heteroatoms. The van der Waals surface area contributed by atoms with E-state index < -0.39 is 11.6 Å². The van der Waals surface area contributed by atoms with Crippen LogP contribution in [0.3, 0.4) is 0 Å². The molecule has 0 spiro atoms. The minimum atomic E-state index is -1.01. The van der Waals surface area contributed by atoms with Crippen LogP contribution in [0.4, 0.5) is 0 Å². The van der Waals surface area contributed by atoms with E-state index in [1.54, 1.807) is 0 Å². The summed E-state index contributed by atoms with van der Waals surface area (Å²) < 4.78 is 5.89. The van der Waals surface area contributed by atoms with Gasteiger partial charge in [0.05, 0.1) is 0 Å². The maximum absolute atomic E-state index is 11.5. The zero-order valence-corrected chi connectivity index (χ0v) is 11.2. The molecule has 0 amide bonds. The average molecular weight is 248 g/mol. The van der Waals surface area contributed by atoms with Crippen LogP contribution in [0.1, 0.15) is 42.4 Å². The van der Waals surface area contributed by atoms with Gasteiger partial charge in [0.25, 0.3) is 0 Å². The largest absolute Gasteiger partial charge is 0.478 e. The Kier molecular flexibility index (Phi) is 3.33. The van der Waals surface area contributed by atoms with Gasteiger partial charge in [-0.2, -0.15) is 0 Å². The molecule has 0 radical (unpaired) electrons. The molecule has 0 aromatic heterocycles. The number of hydrogen-bond donors (Lipinski definition) is 1. The fourth-order valence-corrected chi connectivity index (χ4v) is 2.56. The number of carboxylic acids is 1. The molecule has 1 aliphatic rings. The highest BCUT2D eigenvalue weighted by Crippen LogP contribution is 2.36. The van der Waals surface area contributed by atoms with E-state index in [1.807, 2.05) is 19.9 Å². The van der Waals surface area contributed by atoms with Gasteiger partial charge in [-0.3, -0.25) is 0 Å². The second kappa shape index (κ2) is 4.63. The van der Waals surface area contributed by atoms with Crippen LogP contribution in [0, 0.1) is 20.8 Å². The van der Waals surface area contributed by atoms with E-state index in [0.717, 1.165) is 24.0 Å². The minimum Gasteiger partial charge on any atom is -0.478 e. The highest BCUT2D eigenvalue weighted by atomic mass is 16.5. The Morgan fingerprint density at radius 1 is 1.11 bits per heavy atom. The van der Waals surface area contributed by atoms with Gasteiger partial charge in [0, 0.05) is 0 Å². The minimum absolute atomic E-state index is 0.606. The van der Waals surface area contributed by atoms with Crippen molar-refractivity contribution in [3.8, 4) is 5.75 Å². The summed E-state index contributed by atoms with van der Waals surface area (Å²) >= 11 is 0. The molecule has 1 fully saturated rings. The predicted octanol–water partition coefficient (Wildman–Crippen LogP) is 3.39. The van der Waals surface area contributed by atoms with Crippen LogP contribution in [0.2, 0.25) is 0 Å². The average Bonchev–Trinajstić information content (AvgIpc) is 2.76. The summed E-state index contributed by atoms with van der Waals surface area (Å²) in [6.07, 6.45) is 3.07. The molecule has 0 bridgehead atoms. The normalized spacial score (nSPS) is 17.7. The molecule has 2 rings (SSSR count). The molecular formula is C15H20O3. The first-order valence-electron chi connectivity index (χ1n) is 6.45. The lowest BCUT2D eigenvalue weighted by Crippen LogP contribution is -2.41. The number of benzene rings is 1. The third kappa shape index (κ3) is 2.22. The molecule has 3 nitrogen and oxygen atoms in total. The van der Waals surface area contributed by atoms with Gasteiger partial charge in [-0.1, -0.05) is 6.07 Å². The van der Waals surface area contributed by atoms with Gasteiger partial charge in [0.15, 0.2) is 0 Å². The molecule has 1 aromatic rings. The number of rotatable bonds is 3. The van der Waals surface area contributed by atoms with Crippen LogP contribution in [0.25, 0.3) is 0 Å². The molecule has 18 heavy (non-hydrogen) atoms. The summed E-state index contributed by atoms with van der Waals surface area (Å²) in [5.41, 5.74) is 2.34. The molecule has 0 aliphatic heterocycles. The Balaban J connectivity index is 2.33. The van der Waals surface area contributed by atoms with Crippen molar-refractivity contribution >= 4 is 5.97 Å². The van der Waals surface area contributed by atoms with Crippen molar-refractivity contribution in [3.05, 3.63) is 28.8 Å². The lowest BCUT2D eigenvalue weighted by molar-refractivity contribution is -0.154. The number of aliphatic carboxylic acids is 1. The Bertz CT molecular complexity index is 471. The summed E-state index contributed by atoms with van der Waals surface area (Å²) in [7, 11) is 0. The molecule has 0 saturated heterocycles. The summed E-state index contributed by atoms with van der Waals surface area (Å²) in [4.78, 5) is 11.5. The highest BCUT2D eigenvalue weighted by Gasteiger charge is 2.44. The summed E-state index contributed by atoms with van der Waals surface area (Å²) in [5, 5.41) is 9.41. The predicted molar refractivity (Wildman–Crippen MR) is 70.1 cm³/mol. The fraction of sp³-hybridized carbons (Fsp3) is 0.533. The van der Waals surface area contributed by atoms with Crippen molar-refractivity contribution in [2.24, 2.45) is 0 Å². The monoisotopic (exact) mass is 248 g/mol. The quantitative estimate of drug-likeness (QED) is 0.891. The molecule has 0 heterocycles. The van der Waals surface area contributed by atoms with Gasteiger partial charge in [-0.25, -0.2) is 4.79 Å².